The van der Waals surface area contributed by atoms with Gasteiger partial charge in [-0.1, -0.05) is 28.9 Å². The highest BCUT2D eigenvalue weighted by molar-refractivity contribution is 9.10. The molecular formula is C15H23BrN2. The molecule has 1 fully saturated rings. The molecule has 0 spiro atoms. The molecule has 18 heavy (non-hydrogen) atoms. The quantitative estimate of drug-likeness (QED) is 0.906. The predicted octanol–water partition coefficient (Wildman–Crippen LogP) is 4.04. The van der Waals surface area contributed by atoms with Gasteiger partial charge in [0.15, 0.2) is 0 Å². The molecule has 1 atom stereocenters. The number of anilines is 1. The van der Waals surface area contributed by atoms with E-state index < -0.39 is 0 Å². The summed E-state index contributed by atoms with van der Waals surface area (Å²) in [6.07, 6.45) is 3.83. The molecule has 1 aromatic carbocycles. The second kappa shape index (κ2) is 6.58. The summed E-state index contributed by atoms with van der Waals surface area (Å²) in [6, 6.07) is 7.08. The highest BCUT2D eigenvalue weighted by Gasteiger charge is 2.16. The summed E-state index contributed by atoms with van der Waals surface area (Å²) in [7, 11) is 0. The van der Waals surface area contributed by atoms with Crippen LogP contribution in [0.3, 0.4) is 0 Å². The SMILES string of the molecule is CCN1CCCC(Nc2cc(Br)ccc2C)CC1. The van der Waals surface area contributed by atoms with E-state index in [9.17, 15) is 0 Å². The summed E-state index contributed by atoms with van der Waals surface area (Å²) in [4.78, 5) is 2.55. The Morgan fingerprint density at radius 3 is 2.94 bits per heavy atom. The molecule has 1 saturated heterocycles. The van der Waals surface area contributed by atoms with Gasteiger partial charge in [0.05, 0.1) is 0 Å². The zero-order valence-corrected chi connectivity index (χ0v) is 13.0. The van der Waals surface area contributed by atoms with Crippen molar-refractivity contribution in [2.75, 3.05) is 25.0 Å². The van der Waals surface area contributed by atoms with Gasteiger partial charge in [-0.25, -0.2) is 0 Å². The van der Waals surface area contributed by atoms with Gasteiger partial charge in [0.2, 0.25) is 0 Å². The summed E-state index contributed by atoms with van der Waals surface area (Å²) in [6.45, 7) is 8.09. The minimum atomic E-state index is 0.620. The molecule has 1 N–H and O–H groups in total. The number of aryl methyl sites for hydroxylation is 1. The average molecular weight is 311 g/mol. The lowest BCUT2D eigenvalue weighted by Crippen LogP contribution is -2.26. The summed E-state index contributed by atoms with van der Waals surface area (Å²) < 4.78 is 1.15. The molecule has 2 nitrogen and oxygen atoms in total. The first-order valence-electron chi connectivity index (χ1n) is 6.94. The van der Waals surface area contributed by atoms with Crippen LogP contribution in [-0.2, 0) is 0 Å². The first kappa shape index (κ1) is 13.9. The van der Waals surface area contributed by atoms with Crippen molar-refractivity contribution < 1.29 is 0 Å². The topological polar surface area (TPSA) is 15.3 Å². The third kappa shape index (κ3) is 3.72. The number of benzene rings is 1. The van der Waals surface area contributed by atoms with E-state index in [4.69, 9.17) is 0 Å². The Kier molecular flexibility index (Phi) is 5.07. The Balaban J connectivity index is 1.98. The lowest BCUT2D eigenvalue weighted by molar-refractivity contribution is 0.300. The first-order valence-corrected chi connectivity index (χ1v) is 7.73. The fourth-order valence-electron chi connectivity index (χ4n) is 2.59. The molecule has 1 aliphatic rings. The second-order valence-corrected chi connectivity index (χ2v) is 6.08. The van der Waals surface area contributed by atoms with Crippen molar-refractivity contribution in [2.24, 2.45) is 0 Å². The maximum atomic E-state index is 3.72. The number of halogens is 1. The van der Waals surface area contributed by atoms with Crippen LogP contribution in [0.15, 0.2) is 22.7 Å². The lowest BCUT2D eigenvalue weighted by atomic mass is 10.1. The fraction of sp³-hybridized carbons (Fsp3) is 0.600. The van der Waals surface area contributed by atoms with Crippen LogP contribution in [0.25, 0.3) is 0 Å². The van der Waals surface area contributed by atoms with E-state index in [0.29, 0.717) is 6.04 Å². The van der Waals surface area contributed by atoms with Gasteiger partial charge in [-0.2, -0.15) is 0 Å². The van der Waals surface area contributed by atoms with Crippen LogP contribution in [0, 0.1) is 6.92 Å². The molecule has 0 aliphatic carbocycles. The zero-order valence-electron chi connectivity index (χ0n) is 11.4. The molecule has 100 valence electrons. The van der Waals surface area contributed by atoms with Crippen LogP contribution in [0.4, 0.5) is 5.69 Å². The molecule has 1 heterocycles. The monoisotopic (exact) mass is 310 g/mol. The van der Waals surface area contributed by atoms with Gasteiger partial charge in [-0.3, -0.25) is 0 Å². The number of nitrogens with zero attached hydrogens (tertiary/aromatic N) is 1. The smallest absolute Gasteiger partial charge is 0.0383 e. The summed E-state index contributed by atoms with van der Waals surface area (Å²) in [5, 5.41) is 3.72. The molecule has 1 aromatic rings. The van der Waals surface area contributed by atoms with E-state index in [1.54, 1.807) is 0 Å². The Morgan fingerprint density at radius 1 is 1.33 bits per heavy atom. The fourth-order valence-corrected chi connectivity index (χ4v) is 2.95. The number of hydrogen-bond acceptors (Lipinski definition) is 2. The van der Waals surface area contributed by atoms with Crippen LogP contribution in [-0.4, -0.2) is 30.6 Å². The van der Waals surface area contributed by atoms with Crippen molar-refractivity contribution in [2.45, 2.75) is 39.2 Å². The van der Waals surface area contributed by atoms with E-state index in [2.05, 4.69) is 58.2 Å². The molecule has 0 saturated carbocycles. The van der Waals surface area contributed by atoms with Gasteiger partial charge in [-0.15, -0.1) is 0 Å². The van der Waals surface area contributed by atoms with Crippen LogP contribution in [0.5, 0.6) is 0 Å². The number of likely N-dealkylation sites (tertiary alicyclic amines) is 1. The van der Waals surface area contributed by atoms with Gasteiger partial charge in [0, 0.05) is 22.7 Å². The summed E-state index contributed by atoms with van der Waals surface area (Å²) in [5.74, 6) is 0. The number of hydrogen-bond donors (Lipinski definition) is 1. The van der Waals surface area contributed by atoms with Crippen LogP contribution in [0.1, 0.15) is 31.7 Å². The molecule has 0 aromatic heterocycles. The third-order valence-corrected chi connectivity index (χ3v) is 4.32. The van der Waals surface area contributed by atoms with E-state index >= 15 is 0 Å². The van der Waals surface area contributed by atoms with Crippen molar-refractivity contribution in [3.05, 3.63) is 28.2 Å². The largest absolute Gasteiger partial charge is 0.382 e. The third-order valence-electron chi connectivity index (χ3n) is 3.83. The van der Waals surface area contributed by atoms with Crippen LogP contribution >= 0.6 is 15.9 Å². The van der Waals surface area contributed by atoms with E-state index in [0.717, 1.165) is 4.47 Å². The van der Waals surface area contributed by atoms with Crippen molar-refractivity contribution in [1.82, 2.24) is 4.90 Å². The van der Waals surface area contributed by atoms with Gasteiger partial charge in [0.25, 0.3) is 0 Å². The van der Waals surface area contributed by atoms with Crippen molar-refractivity contribution in [3.63, 3.8) is 0 Å². The van der Waals surface area contributed by atoms with Crippen molar-refractivity contribution in [1.29, 1.82) is 0 Å². The minimum Gasteiger partial charge on any atom is -0.382 e. The summed E-state index contributed by atoms with van der Waals surface area (Å²) >= 11 is 3.55. The molecular weight excluding hydrogens is 288 g/mol. The standard InChI is InChI=1S/C15H23BrN2/c1-3-18-9-4-5-14(8-10-18)17-15-11-13(16)7-6-12(15)2/h6-7,11,14,17H,3-5,8-10H2,1-2H3. The van der Waals surface area contributed by atoms with Crippen molar-refractivity contribution >= 4 is 21.6 Å². The van der Waals surface area contributed by atoms with E-state index in [1.165, 1.54) is 50.1 Å². The van der Waals surface area contributed by atoms with Crippen molar-refractivity contribution in [3.8, 4) is 0 Å². The van der Waals surface area contributed by atoms with Gasteiger partial charge in [-0.05, 0) is 57.0 Å². The Labute approximate surface area is 119 Å². The van der Waals surface area contributed by atoms with E-state index in [1.807, 2.05) is 0 Å². The molecule has 0 radical (unpaired) electrons. The Hall–Kier alpha value is -0.540. The van der Waals surface area contributed by atoms with Gasteiger partial charge >= 0.3 is 0 Å². The highest BCUT2D eigenvalue weighted by Crippen LogP contribution is 2.23. The molecule has 3 heteroatoms. The molecule has 0 bridgehead atoms. The lowest BCUT2D eigenvalue weighted by Gasteiger charge is -2.20. The average Bonchev–Trinajstić information content (AvgIpc) is 2.59. The molecule has 2 rings (SSSR count). The van der Waals surface area contributed by atoms with Gasteiger partial charge < -0.3 is 10.2 Å². The predicted molar refractivity (Wildman–Crippen MR) is 82.3 cm³/mol. The minimum absolute atomic E-state index is 0.620. The molecule has 1 aliphatic heterocycles. The zero-order chi connectivity index (χ0) is 13.0. The second-order valence-electron chi connectivity index (χ2n) is 5.17. The maximum Gasteiger partial charge on any atom is 0.0383 e. The highest BCUT2D eigenvalue weighted by atomic mass is 79.9. The summed E-state index contributed by atoms with van der Waals surface area (Å²) in [5.41, 5.74) is 2.61. The number of nitrogens with one attached hydrogen (secondary N) is 1. The normalized spacial score (nSPS) is 21.6. The molecule has 1 unspecified atom stereocenters. The first-order chi connectivity index (χ1) is 8.69. The maximum absolute atomic E-state index is 3.72. The Bertz CT molecular complexity index is 392. The molecule has 0 amide bonds. The Morgan fingerprint density at radius 2 is 2.17 bits per heavy atom. The van der Waals surface area contributed by atoms with E-state index in [-0.39, 0.29) is 0 Å². The van der Waals surface area contributed by atoms with Gasteiger partial charge in [0.1, 0.15) is 0 Å². The van der Waals surface area contributed by atoms with Crippen LogP contribution < -0.4 is 5.32 Å². The van der Waals surface area contributed by atoms with Crippen LogP contribution in [0.2, 0.25) is 0 Å². The number of rotatable bonds is 3.